The van der Waals surface area contributed by atoms with Crippen LogP contribution in [0.5, 0.6) is 0 Å². The van der Waals surface area contributed by atoms with Crippen molar-refractivity contribution in [2.24, 2.45) is 5.41 Å². The molecule has 1 atom stereocenters. The Bertz CT molecular complexity index is 1150. The van der Waals surface area contributed by atoms with Crippen molar-refractivity contribution in [3.63, 3.8) is 0 Å². The number of hydrogen-bond donors (Lipinski definition) is 0. The van der Waals surface area contributed by atoms with Crippen molar-refractivity contribution in [1.82, 2.24) is 19.8 Å². The molecule has 1 aliphatic heterocycles. The number of halogens is 1. The molecule has 0 spiro atoms. The molecule has 3 aromatic rings. The molecule has 0 saturated carbocycles. The van der Waals surface area contributed by atoms with Gasteiger partial charge in [0, 0.05) is 39.6 Å². The molecule has 2 amide bonds. The molecule has 1 unspecified atom stereocenters. The van der Waals surface area contributed by atoms with Gasteiger partial charge in [-0.1, -0.05) is 36.4 Å². The first kappa shape index (κ1) is 22.6. The number of rotatable bonds is 5. The van der Waals surface area contributed by atoms with Crippen LogP contribution in [0.25, 0.3) is 11.1 Å². The summed E-state index contributed by atoms with van der Waals surface area (Å²) in [6, 6.07) is 14.3. The van der Waals surface area contributed by atoms with Gasteiger partial charge in [-0.25, -0.2) is 9.37 Å². The summed E-state index contributed by atoms with van der Waals surface area (Å²) in [7, 11) is 3.49. The van der Waals surface area contributed by atoms with Gasteiger partial charge in [-0.3, -0.25) is 14.6 Å². The predicted octanol–water partition coefficient (Wildman–Crippen LogP) is 3.84. The van der Waals surface area contributed by atoms with Crippen LogP contribution < -0.4 is 0 Å². The molecule has 2 aromatic carbocycles. The molecule has 1 fully saturated rings. The minimum atomic E-state index is -0.750. The van der Waals surface area contributed by atoms with E-state index in [2.05, 4.69) is 9.97 Å². The van der Waals surface area contributed by atoms with Gasteiger partial charge in [0.1, 0.15) is 11.5 Å². The summed E-state index contributed by atoms with van der Waals surface area (Å²) in [4.78, 5) is 38.0. The average molecular weight is 447 g/mol. The van der Waals surface area contributed by atoms with Gasteiger partial charge in [0.15, 0.2) is 0 Å². The zero-order chi connectivity index (χ0) is 23.4. The third kappa shape index (κ3) is 4.92. The molecule has 33 heavy (non-hydrogen) atoms. The van der Waals surface area contributed by atoms with Crippen molar-refractivity contribution in [2.45, 2.75) is 19.3 Å². The van der Waals surface area contributed by atoms with Crippen molar-refractivity contribution in [3.8, 4) is 11.1 Å². The standard InChI is InChI=1S/C26H27FN4O2/c1-30(2)25(33)26(10-5-13-31(18-26)24(32)23-17-28-11-12-29-23)16-19-6-3-7-20(14-19)21-8-4-9-22(27)15-21/h3-4,6-9,11-12,14-15,17H,5,10,13,16,18H2,1-2H3. The van der Waals surface area contributed by atoms with Crippen molar-refractivity contribution in [3.05, 3.63) is 84.2 Å². The number of amides is 2. The Kier molecular flexibility index (Phi) is 6.49. The quantitative estimate of drug-likeness (QED) is 0.597. The van der Waals surface area contributed by atoms with E-state index in [1.807, 2.05) is 30.3 Å². The lowest BCUT2D eigenvalue weighted by molar-refractivity contribution is -0.142. The van der Waals surface area contributed by atoms with Crippen LogP contribution in [0.4, 0.5) is 4.39 Å². The minimum absolute atomic E-state index is 0.00435. The van der Waals surface area contributed by atoms with E-state index in [0.717, 1.165) is 23.1 Å². The first-order valence-corrected chi connectivity index (χ1v) is 11.0. The lowest BCUT2D eigenvalue weighted by Crippen LogP contribution is -2.54. The minimum Gasteiger partial charge on any atom is -0.348 e. The molecular weight excluding hydrogens is 419 g/mol. The van der Waals surface area contributed by atoms with E-state index < -0.39 is 5.41 Å². The van der Waals surface area contributed by atoms with Gasteiger partial charge in [-0.15, -0.1) is 0 Å². The van der Waals surface area contributed by atoms with Crippen LogP contribution in [0.1, 0.15) is 28.9 Å². The summed E-state index contributed by atoms with van der Waals surface area (Å²) in [5, 5.41) is 0. The highest BCUT2D eigenvalue weighted by molar-refractivity contribution is 5.93. The number of likely N-dealkylation sites (tertiary alicyclic amines) is 1. The molecule has 1 aliphatic rings. The Hall–Kier alpha value is -3.61. The van der Waals surface area contributed by atoms with Crippen LogP contribution in [-0.2, 0) is 11.2 Å². The van der Waals surface area contributed by atoms with Gasteiger partial charge in [0.25, 0.3) is 5.91 Å². The Morgan fingerprint density at radius 1 is 1.09 bits per heavy atom. The third-order valence-corrected chi connectivity index (χ3v) is 6.13. The maximum Gasteiger partial charge on any atom is 0.274 e. The second kappa shape index (κ2) is 9.48. The van der Waals surface area contributed by atoms with Gasteiger partial charge in [0.05, 0.1) is 11.6 Å². The van der Waals surface area contributed by atoms with Crippen molar-refractivity contribution in [2.75, 3.05) is 27.2 Å². The van der Waals surface area contributed by atoms with E-state index in [1.165, 1.54) is 30.7 Å². The first-order chi connectivity index (χ1) is 15.9. The molecule has 0 aliphatic carbocycles. The molecule has 0 radical (unpaired) electrons. The molecule has 1 aromatic heterocycles. The molecule has 0 bridgehead atoms. The van der Waals surface area contributed by atoms with Crippen LogP contribution in [0, 0.1) is 11.2 Å². The second-order valence-corrected chi connectivity index (χ2v) is 8.79. The molecule has 2 heterocycles. The fourth-order valence-corrected chi connectivity index (χ4v) is 4.67. The molecule has 170 valence electrons. The van der Waals surface area contributed by atoms with E-state index in [1.54, 1.807) is 30.0 Å². The fraction of sp³-hybridized carbons (Fsp3) is 0.308. The number of carbonyl (C=O) groups is 2. The van der Waals surface area contributed by atoms with Crippen LogP contribution in [0.2, 0.25) is 0 Å². The number of nitrogens with zero attached hydrogens (tertiary/aromatic N) is 4. The number of benzene rings is 2. The normalized spacial score (nSPS) is 18.1. The van der Waals surface area contributed by atoms with Gasteiger partial charge < -0.3 is 9.80 Å². The van der Waals surface area contributed by atoms with Crippen LogP contribution >= 0.6 is 0 Å². The predicted molar refractivity (Wildman–Crippen MR) is 124 cm³/mol. The number of carbonyl (C=O) groups excluding carboxylic acids is 2. The number of aromatic nitrogens is 2. The lowest BCUT2D eigenvalue weighted by Gasteiger charge is -2.43. The van der Waals surface area contributed by atoms with Crippen molar-refractivity contribution in [1.29, 1.82) is 0 Å². The van der Waals surface area contributed by atoms with Gasteiger partial charge in [-0.2, -0.15) is 0 Å². The average Bonchev–Trinajstić information content (AvgIpc) is 2.84. The Morgan fingerprint density at radius 2 is 1.85 bits per heavy atom. The molecular formula is C26H27FN4O2. The fourth-order valence-electron chi connectivity index (χ4n) is 4.67. The lowest BCUT2D eigenvalue weighted by atomic mass is 9.73. The van der Waals surface area contributed by atoms with E-state index in [9.17, 15) is 14.0 Å². The molecule has 6 nitrogen and oxygen atoms in total. The first-order valence-electron chi connectivity index (χ1n) is 11.0. The summed E-state index contributed by atoms with van der Waals surface area (Å²) in [6.45, 7) is 0.880. The van der Waals surface area contributed by atoms with Crippen LogP contribution in [0.3, 0.4) is 0 Å². The van der Waals surface area contributed by atoms with E-state index in [0.29, 0.717) is 25.9 Å². The number of piperidine rings is 1. The maximum atomic E-state index is 13.7. The molecule has 1 saturated heterocycles. The largest absolute Gasteiger partial charge is 0.348 e. The van der Waals surface area contributed by atoms with Gasteiger partial charge in [-0.05, 0) is 48.1 Å². The smallest absolute Gasteiger partial charge is 0.274 e. The zero-order valence-electron chi connectivity index (χ0n) is 18.9. The highest BCUT2D eigenvalue weighted by Gasteiger charge is 2.44. The van der Waals surface area contributed by atoms with Crippen LogP contribution in [0.15, 0.2) is 67.1 Å². The van der Waals surface area contributed by atoms with Crippen LogP contribution in [-0.4, -0.2) is 58.8 Å². The highest BCUT2D eigenvalue weighted by Crippen LogP contribution is 2.37. The maximum absolute atomic E-state index is 13.7. The topological polar surface area (TPSA) is 66.4 Å². The van der Waals surface area contributed by atoms with Crippen molar-refractivity contribution >= 4 is 11.8 Å². The zero-order valence-corrected chi connectivity index (χ0v) is 18.9. The molecule has 0 N–H and O–H groups in total. The molecule has 7 heteroatoms. The summed E-state index contributed by atoms with van der Waals surface area (Å²) >= 11 is 0. The number of hydrogen-bond acceptors (Lipinski definition) is 4. The Morgan fingerprint density at radius 3 is 2.55 bits per heavy atom. The van der Waals surface area contributed by atoms with E-state index in [-0.39, 0.29) is 23.3 Å². The second-order valence-electron chi connectivity index (χ2n) is 8.79. The summed E-state index contributed by atoms with van der Waals surface area (Å²) in [5.74, 6) is -0.509. The Labute approximate surface area is 193 Å². The van der Waals surface area contributed by atoms with E-state index in [4.69, 9.17) is 0 Å². The Balaban J connectivity index is 1.65. The molecule has 4 rings (SSSR count). The van der Waals surface area contributed by atoms with Gasteiger partial charge >= 0.3 is 0 Å². The highest BCUT2D eigenvalue weighted by atomic mass is 19.1. The summed E-state index contributed by atoms with van der Waals surface area (Å²) < 4.78 is 13.7. The third-order valence-electron chi connectivity index (χ3n) is 6.13. The SMILES string of the molecule is CN(C)C(=O)C1(Cc2cccc(-c3cccc(F)c3)c2)CCCN(C(=O)c2cnccn2)C1. The summed E-state index contributed by atoms with van der Waals surface area (Å²) in [6.07, 6.45) is 6.35. The van der Waals surface area contributed by atoms with E-state index >= 15 is 0 Å². The summed E-state index contributed by atoms with van der Waals surface area (Å²) in [5.41, 5.74) is 2.18. The van der Waals surface area contributed by atoms with Crippen molar-refractivity contribution < 1.29 is 14.0 Å². The van der Waals surface area contributed by atoms with Gasteiger partial charge in [0.2, 0.25) is 5.91 Å². The monoisotopic (exact) mass is 446 g/mol.